The summed E-state index contributed by atoms with van der Waals surface area (Å²) in [5.74, 6) is 0.761. The largest absolute Gasteiger partial charge is 0.497 e. The second kappa shape index (κ2) is 8.37. The van der Waals surface area contributed by atoms with Crippen molar-refractivity contribution in [1.29, 1.82) is 0 Å². The average Bonchev–Trinajstić information content (AvgIpc) is 2.39. The molecule has 0 heterocycles. The monoisotopic (exact) mass is 266 g/mol. The van der Waals surface area contributed by atoms with Gasteiger partial charge in [0.15, 0.2) is 0 Å². The number of amides is 2. The molecule has 0 unspecified atom stereocenters. The van der Waals surface area contributed by atoms with Crippen LogP contribution in [0.2, 0.25) is 0 Å². The summed E-state index contributed by atoms with van der Waals surface area (Å²) < 4.78 is 10.4. The minimum Gasteiger partial charge on any atom is -0.497 e. The van der Waals surface area contributed by atoms with Crippen molar-refractivity contribution < 1.29 is 14.3 Å². The fourth-order valence-electron chi connectivity index (χ4n) is 1.44. The maximum atomic E-state index is 11.6. The molecule has 2 N–H and O–H groups in total. The molecule has 0 aromatic heterocycles. The Morgan fingerprint density at radius 3 is 2.53 bits per heavy atom. The molecule has 1 rings (SSSR count). The molecule has 0 bridgehead atoms. The molecular weight excluding hydrogens is 244 g/mol. The third-order valence-electron chi connectivity index (χ3n) is 2.41. The highest BCUT2D eigenvalue weighted by molar-refractivity contribution is 5.89. The van der Waals surface area contributed by atoms with Crippen LogP contribution in [0, 0.1) is 0 Å². The summed E-state index contributed by atoms with van der Waals surface area (Å²) in [4.78, 5) is 11.6. The van der Waals surface area contributed by atoms with Crippen molar-refractivity contribution in [3.05, 3.63) is 24.3 Å². The maximum absolute atomic E-state index is 11.6. The molecule has 0 aliphatic heterocycles. The SMILES string of the molecule is COc1ccc(NC(=O)NCCCOC(C)C)cc1. The van der Waals surface area contributed by atoms with Crippen molar-refractivity contribution in [2.45, 2.75) is 26.4 Å². The summed E-state index contributed by atoms with van der Waals surface area (Å²) in [6, 6.07) is 6.97. The summed E-state index contributed by atoms with van der Waals surface area (Å²) in [5, 5.41) is 5.52. The number of methoxy groups -OCH3 is 1. The van der Waals surface area contributed by atoms with Gasteiger partial charge in [0.1, 0.15) is 5.75 Å². The van der Waals surface area contributed by atoms with E-state index >= 15 is 0 Å². The van der Waals surface area contributed by atoms with Gasteiger partial charge in [-0.1, -0.05) is 0 Å². The molecule has 5 nitrogen and oxygen atoms in total. The van der Waals surface area contributed by atoms with E-state index in [-0.39, 0.29) is 12.1 Å². The van der Waals surface area contributed by atoms with Gasteiger partial charge in [0.25, 0.3) is 0 Å². The van der Waals surface area contributed by atoms with Crippen molar-refractivity contribution in [3.63, 3.8) is 0 Å². The Kier molecular flexibility index (Phi) is 6.74. The van der Waals surface area contributed by atoms with Gasteiger partial charge in [0.2, 0.25) is 0 Å². The van der Waals surface area contributed by atoms with Crippen LogP contribution in [0.3, 0.4) is 0 Å². The zero-order chi connectivity index (χ0) is 14.1. The van der Waals surface area contributed by atoms with Crippen molar-refractivity contribution in [2.24, 2.45) is 0 Å². The number of urea groups is 1. The van der Waals surface area contributed by atoms with E-state index in [1.54, 1.807) is 31.4 Å². The van der Waals surface area contributed by atoms with Gasteiger partial charge >= 0.3 is 6.03 Å². The van der Waals surface area contributed by atoms with E-state index < -0.39 is 0 Å². The van der Waals surface area contributed by atoms with Crippen molar-refractivity contribution in [3.8, 4) is 5.75 Å². The molecule has 1 aromatic rings. The number of carbonyl (C=O) groups excluding carboxylic acids is 1. The van der Waals surface area contributed by atoms with Gasteiger partial charge in [-0.3, -0.25) is 0 Å². The average molecular weight is 266 g/mol. The van der Waals surface area contributed by atoms with Crippen LogP contribution >= 0.6 is 0 Å². The number of benzene rings is 1. The Balaban J connectivity index is 2.19. The zero-order valence-corrected chi connectivity index (χ0v) is 11.7. The quantitative estimate of drug-likeness (QED) is 0.746. The number of anilines is 1. The fraction of sp³-hybridized carbons (Fsp3) is 0.500. The number of rotatable bonds is 7. The molecule has 0 spiro atoms. The third-order valence-corrected chi connectivity index (χ3v) is 2.41. The Labute approximate surface area is 114 Å². The first-order chi connectivity index (χ1) is 9.11. The second-order valence-corrected chi connectivity index (χ2v) is 4.38. The molecule has 0 aliphatic carbocycles. The third kappa shape index (κ3) is 6.67. The molecule has 5 heteroatoms. The van der Waals surface area contributed by atoms with Gasteiger partial charge in [-0.2, -0.15) is 0 Å². The van der Waals surface area contributed by atoms with Gasteiger partial charge in [-0.05, 0) is 44.5 Å². The lowest BCUT2D eigenvalue weighted by molar-refractivity contribution is 0.0775. The van der Waals surface area contributed by atoms with Crippen LogP contribution in [0.5, 0.6) is 5.75 Å². The lowest BCUT2D eigenvalue weighted by Gasteiger charge is -2.09. The van der Waals surface area contributed by atoms with Crippen LogP contribution in [0.25, 0.3) is 0 Å². The first kappa shape index (κ1) is 15.3. The smallest absolute Gasteiger partial charge is 0.319 e. The summed E-state index contributed by atoms with van der Waals surface area (Å²) in [6.07, 6.45) is 1.03. The molecule has 0 atom stereocenters. The highest BCUT2D eigenvalue weighted by atomic mass is 16.5. The van der Waals surface area contributed by atoms with Crippen LogP contribution in [0.1, 0.15) is 20.3 Å². The number of hydrogen-bond acceptors (Lipinski definition) is 3. The summed E-state index contributed by atoms with van der Waals surface area (Å²) >= 11 is 0. The summed E-state index contributed by atoms with van der Waals surface area (Å²) in [6.45, 7) is 5.23. The lowest BCUT2D eigenvalue weighted by Crippen LogP contribution is -2.30. The van der Waals surface area contributed by atoms with E-state index in [4.69, 9.17) is 9.47 Å². The van der Waals surface area contributed by atoms with E-state index in [0.29, 0.717) is 13.2 Å². The molecule has 0 aliphatic rings. The van der Waals surface area contributed by atoms with Crippen LogP contribution in [-0.4, -0.2) is 32.4 Å². The van der Waals surface area contributed by atoms with E-state index in [9.17, 15) is 4.79 Å². The van der Waals surface area contributed by atoms with Gasteiger partial charge in [-0.15, -0.1) is 0 Å². The fourth-order valence-corrected chi connectivity index (χ4v) is 1.44. The Morgan fingerprint density at radius 1 is 1.26 bits per heavy atom. The van der Waals surface area contributed by atoms with Crippen molar-refractivity contribution in [1.82, 2.24) is 5.32 Å². The molecule has 19 heavy (non-hydrogen) atoms. The highest BCUT2D eigenvalue weighted by Gasteiger charge is 2.01. The van der Waals surface area contributed by atoms with E-state index in [2.05, 4.69) is 10.6 Å². The van der Waals surface area contributed by atoms with Crippen molar-refractivity contribution >= 4 is 11.7 Å². The highest BCUT2D eigenvalue weighted by Crippen LogP contribution is 2.14. The van der Waals surface area contributed by atoms with Gasteiger partial charge in [-0.25, -0.2) is 4.79 Å². The zero-order valence-electron chi connectivity index (χ0n) is 11.7. The molecule has 0 saturated carbocycles. The Morgan fingerprint density at radius 2 is 1.95 bits per heavy atom. The topological polar surface area (TPSA) is 59.6 Å². The summed E-state index contributed by atoms with van der Waals surface area (Å²) in [5.41, 5.74) is 0.733. The van der Waals surface area contributed by atoms with E-state index in [1.165, 1.54) is 0 Å². The Bertz CT molecular complexity index is 377. The van der Waals surface area contributed by atoms with Gasteiger partial charge in [0, 0.05) is 18.8 Å². The van der Waals surface area contributed by atoms with Gasteiger partial charge < -0.3 is 20.1 Å². The number of hydrogen-bond donors (Lipinski definition) is 2. The van der Waals surface area contributed by atoms with E-state index in [1.807, 2.05) is 13.8 Å². The molecule has 0 fully saturated rings. The predicted molar refractivity (Wildman–Crippen MR) is 75.7 cm³/mol. The normalized spacial score (nSPS) is 10.3. The minimum atomic E-state index is -0.213. The molecule has 0 radical (unpaired) electrons. The Hall–Kier alpha value is -1.75. The standard InChI is InChI=1S/C14H22N2O3/c1-11(2)19-10-4-9-15-14(17)16-12-5-7-13(18-3)8-6-12/h5-8,11H,4,9-10H2,1-3H3,(H2,15,16,17). The summed E-state index contributed by atoms with van der Waals surface area (Å²) in [7, 11) is 1.61. The first-order valence-electron chi connectivity index (χ1n) is 6.42. The number of nitrogens with one attached hydrogen (secondary N) is 2. The molecule has 1 aromatic carbocycles. The lowest BCUT2D eigenvalue weighted by atomic mass is 10.3. The minimum absolute atomic E-state index is 0.213. The number of carbonyl (C=O) groups is 1. The van der Waals surface area contributed by atoms with Crippen LogP contribution < -0.4 is 15.4 Å². The maximum Gasteiger partial charge on any atom is 0.319 e. The molecule has 0 saturated heterocycles. The van der Waals surface area contributed by atoms with Crippen molar-refractivity contribution in [2.75, 3.05) is 25.6 Å². The number of ether oxygens (including phenoxy) is 2. The van der Waals surface area contributed by atoms with Gasteiger partial charge in [0.05, 0.1) is 13.2 Å². The van der Waals surface area contributed by atoms with E-state index in [0.717, 1.165) is 17.9 Å². The van der Waals surface area contributed by atoms with Crippen LogP contribution in [0.4, 0.5) is 10.5 Å². The van der Waals surface area contributed by atoms with Crippen LogP contribution in [0.15, 0.2) is 24.3 Å². The second-order valence-electron chi connectivity index (χ2n) is 4.38. The molecule has 106 valence electrons. The molecule has 2 amide bonds. The predicted octanol–water partition coefficient (Wildman–Crippen LogP) is 2.63. The molecular formula is C14H22N2O3. The first-order valence-corrected chi connectivity index (χ1v) is 6.42. The van der Waals surface area contributed by atoms with Crippen LogP contribution in [-0.2, 0) is 4.74 Å².